The van der Waals surface area contributed by atoms with Gasteiger partial charge in [0.2, 0.25) is 5.91 Å². The molecule has 2 aromatic heterocycles. The monoisotopic (exact) mass is 408 g/mol. The first-order valence-electron chi connectivity index (χ1n) is 10.6. The molecule has 0 spiro atoms. The van der Waals surface area contributed by atoms with E-state index in [9.17, 15) is 14.0 Å². The molecule has 30 heavy (non-hydrogen) atoms. The molecular weight excluding hydrogens is 383 g/mol. The molecule has 0 unspecified atom stereocenters. The molecule has 2 aliphatic heterocycles. The van der Waals surface area contributed by atoms with Crippen molar-refractivity contribution in [1.29, 1.82) is 0 Å². The van der Waals surface area contributed by atoms with Gasteiger partial charge in [0.1, 0.15) is 5.82 Å². The van der Waals surface area contributed by atoms with E-state index in [4.69, 9.17) is 0 Å². The van der Waals surface area contributed by atoms with Crippen molar-refractivity contribution in [1.82, 2.24) is 19.4 Å². The maximum Gasteiger partial charge on any atom is 0.335 e. The van der Waals surface area contributed by atoms with Crippen LogP contribution >= 0.6 is 0 Å². The zero-order valence-electron chi connectivity index (χ0n) is 16.8. The fourth-order valence-corrected chi connectivity index (χ4v) is 4.83. The predicted molar refractivity (Wildman–Crippen MR) is 112 cm³/mol. The lowest BCUT2D eigenvalue weighted by Gasteiger charge is -2.33. The van der Waals surface area contributed by atoms with Gasteiger partial charge in [-0.05, 0) is 80.7 Å². The number of fused-ring (bicyclic) bond motifs is 2. The van der Waals surface area contributed by atoms with Gasteiger partial charge in [-0.3, -0.25) is 14.3 Å². The van der Waals surface area contributed by atoms with Crippen molar-refractivity contribution in [2.45, 2.75) is 31.6 Å². The summed E-state index contributed by atoms with van der Waals surface area (Å²) in [5.74, 6) is 0.111. The van der Waals surface area contributed by atoms with Gasteiger partial charge in [0.25, 0.3) is 0 Å². The number of nitrogens with zero attached hydrogens (tertiary/aromatic N) is 3. The summed E-state index contributed by atoms with van der Waals surface area (Å²) in [7, 11) is 0. The van der Waals surface area contributed by atoms with Crippen molar-refractivity contribution in [3.05, 3.63) is 59.8 Å². The van der Waals surface area contributed by atoms with E-state index in [1.807, 2.05) is 12.3 Å². The SMILES string of the molecule is O=C1Cc2cccn2C(=O)N1CCCN1CCC(c2c[nH]c3ccc(F)cc23)CC1. The lowest BCUT2D eigenvalue weighted by molar-refractivity contribution is -0.128. The molecule has 156 valence electrons. The molecule has 7 heteroatoms. The number of hydrogen-bond acceptors (Lipinski definition) is 3. The molecule has 2 amide bonds. The van der Waals surface area contributed by atoms with Crippen molar-refractivity contribution in [2.75, 3.05) is 26.2 Å². The van der Waals surface area contributed by atoms with Crippen molar-refractivity contribution in [3.8, 4) is 0 Å². The third-order valence-electron chi connectivity index (χ3n) is 6.46. The van der Waals surface area contributed by atoms with E-state index in [0.29, 0.717) is 12.5 Å². The van der Waals surface area contributed by atoms with Crippen molar-refractivity contribution in [3.63, 3.8) is 0 Å². The van der Waals surface area contributed by atoms with Crippen molar-refractivity contribution < 1.29 is 14.0 Å². The van der Waals surface area contributed by atoms with Gasteiger partial charge in [-0.2, -0.15) is 0 Å². The van der Waals surface area contributed by atoms with E-state index in [2.05, 4.69) is 9.88 Å². The van der Waals surface area contributed by atoms with Crippen LogP contribution in [-0.2, 0) is 11.2 Å². The summed E-state index contributed by atoms with van der Waals surface area (Å²) in [5.41, 5.74) is 2.95. The van der Waals surface area contributed by atoms with E-state index < -0.39 is 0 Å². The highest BCUT2D eigenvalue weighted by Crippen LogP contribution is 2.33. The Morgan fingerprint density at radius 3 is 2.77 bits per heavy atom. The lowest BCUT2D eigenvalue weighted by Crippen LogP contribution is -2.46. The Kier molecular flexibility index (Phi) is 4.90. The number of aromatic amines is 1. The summed E-state index contributed by atoms with van der Waals surface area (Å²) >= 11 is 0. The molecule has 5 rings (SSSR count). The Balaban J connectivity index is 1.14. The predicted octanol–water partition coefficient (Wildman–Crippen LogP) is 3.73. The maximum absolute atomic E-state index is 13.7. The molecule has 0 saturated carbocycles. The van der Waals surface area contributed by atoms with Gasteiger partial charge in [-0.15, -0.1) is 0 Å². The Morgan fingerprint density at radius 1 is 1.10 bits per heavy atom. The second-order valence-electron chi connectivity index (χ2n) is 8.28. The Hall–Kier alpha value is -2.93. The summed E-state index contributed by atoms with van der Waals surface area (Å²) in [5, 5.41) is 0.986. The largest absolute Gasteiger partial charge is 0.361 e. The molecule has 3 aromatic rings. The first-order valence-corrected chi connectivity index (χ1v) is 10.6. The minimum Gasteiger partial charge on any atom is -0.361 e. The third-order valence-corrected chi connectivity index (χ3v) is 6.46. The Morgan fingerprint density at radius 2 is 1.93 bits per heavy atom. The number of aromatic nitrogens is 2. The van der Waals surface area contributed by atoms with Crippen molar-refractivity contribution in [2.24, 2.45) is 0 Å². The van der Waals surface area contributed by atoms with Crippen LogP contribution in [0.2, 0.25) is 0 Å². The number of piperidine rings is 1. The number of carbonyl (C=O) groups is 2. The van der Waals surface area contributed by atoms with Gasteiger partial charge in [-0.1, -0.05) is 0 Å². The quantitative estimate of drug-likeness (QED) is 0.700. The van der Waals surface area contributed by atoms with Crippen LogP contribution in [0, 0.1) is 5.82 Å². The van der Waals surface area contributed by atoms with Crippen LogP contribution < -0.4 is 0 Å². The van der Waals surface area contributed by atoms with E-state index >= 15 is 0 Å². The highest BCUT2D eigenvalue weighted by Gasteiger charge is 2.30. The number of imide groups is 1. The van der Waals surface area contributed by atoms with Gasteiger partial charge >= 0.3 is 6.03 Å². The maximum atomic E-state index is 13.7. The summed E-state index contributed by atoms with van der Waals surface area (Å²) in [6.45, 7) is 3.26. The van der Waals surface area contributed by atoms with E-state index in [1.54, 1.807) is 29.0 Å². The summed E-state index contributed by atoms with van der Waals surface area (Å²) in [4.78, 5) is 31.8. The fraction of sp³-hybridized carbons (Fsp3) is 0.391. The molecule has 0 radical (unpaired) electrons. The van der Waals surface area contributed by atoms with Crippen LogP contribution in [0.4, 0.5) is 9.18 Å². The number of likely N-dealkylation sites (tertiary alicyclic amines) is 1. The summed E-state index contributed by atoms with van der Waals surface area (Å²) in [6, 6.07) is 8.28. The van der Waals surface area contributed by atoms with Crippen LogP contribution in [0.5, 0.6) is 0 Å². The molecule has 4 heterocycles. The van der Waals surface area contributed by atoms with Gasteiger partial charge in [0, 0.05) is 35.5 Å². The van der Waals surface area contributed by atoms with Gasteiger partial charge in [0.15, 0.2) is 0 Å². The number of halogens is 1. The Bertz CT molecular complexity index is 1090. The molecule has 1 fully saturated rings. The molecule has 0 aliphatic carbocycles. The second-order valence-corrected chi connectivity index (χ2v) is 8.28. The average Bonchev–Trinajstić information content (AvgIpc) is 3.37. The minimum atomic E-state index is -0.239. The smallest absolute Gasteiger partial charge is 0.335 e. The Labute approximate surface area is 174 Å². The molecule has 1 N–H and O–H groups in total. The molecule has 6 nitrogen and oxygen atoms in total. The van der Waals surface area contributed by atoms with Crippen LogP contribution in [0.1, 0.15) is 36.4 Å². The minimum absolute atomic E-state index is 0.114. The topological polar surface area (TPSA) is 61.3 Å². The van der Waals surface area contributed by atoms with Crippen LogP contribution in [-0.4, -0.2) is 57.5 Å². The second kappa shape index (κ2) is 7.72. The summed E-state index contributed by atoms with van der Waals surface area (Å²) < 4.78 is 15.2. The fourth-order valence-electron chi connectivity index (χ4n) is 4.83. The molecular formula is C23H25FN4O2. The zero-order valence-corrected chi connectivity index (χ0v) is 16.8. The number of rotatable bonds is 5. The van der Waals surface area contributed by atoms with Crippen LogP contribution in [0.15, 0.2) is 42.7 Å². The first-order chi connectivity index (χ1) is 14.6. The number of nitrogens with one attached hydrogen (secondary N) is 1. The van der Waals surface area contributed by atoms with E-state index in [-0.39, 0.29) is 24.2 Å². The molecule has 2 aliphatic rings. The number of H-pyrrole nitrogens is 1. The van der Waals surface area contributed by atoms with Gasteiger partial charge in [0.05, 0.1) is 6.42 Å². The average molecular weight is 408 g/mol. The van der Waals surface area contributed by atoms with Crippen LogP contribution in [0.25, 0.3) is 10.9 Å². The third kappa shape index (κ3) is 3.43. The van der Waals surface area contributed by atoms with Crippen LogP contribution in [0.3, 0.4) is 0 Å². The number of carbonyl (C=O) groups excluding carboxylic acids is 2. The highest BCUT2D eigenvalue weighted by molar-refractivity contribution is 5.99. The standard InChI is InChI=1S/C23H25FN4O2/c24-17-4-5-21-19(13-17)20(15-25-21)16-6-11-26(12-7-16)8-2-10-28-22(29)14-18-3-1-9-27(18)23(28)30/h1,3-5,9,13,15-16,25H,2,6-8,10-12,14H2. The number of benzene rings is 1. The summed E-state index contributed by atoms with van der Waals surface area (Å²) in [6.07, 6.45) is 6.86. The molecule has 0 atom stereocenters. The highest BCUT2D eigenvalue weighted by atomic mass is 19.1. The first kappa shape index (κ1) is 19.1. The zero-order chi connectivity index (χ0) is 20.7. The lowest BCUT2D eigenvalue weighted by atomic mass is 9.89. The number of hydrogen-bond donors (Lipinski definition) is 1. The molecule has 1 aromatic carbocycles. The number of amides is 2. The van der Waals surface area contributed by atoms with E-state index in [0.717, 1.165) is 55.5 Å². The van der Waals surface area contributed by atoms with E-state index in [1.165, 1.54) is 16.5 Å². The van der Waals surface area contributed by atoms with Gasteiger partial charge in [-0.25, -0.2) is 9.18 Å². The van der Waals surface area contributed by atoms with Crippen molar-refractivity contribution >= 4 is 22.8 Å². The van der Waals surface area contributed by atoms with Gasteiger partial charge < -0.3 is 9.88 Å². The molecule has 0 bridgehead atoms. The molecule has 1 saturated heterocycles. The normalized spacial score (nSPS) is 18.4.